The number of pyridine rings is 3. The lowest BCUT2D eigenvalue weighted by atomic mass is 10.2. The highest BCUT2D eigenvalue weighted by Gasteiger charge is 2.14. The predicted octanol–water partition coefficient (Wildman–Crippen LogP) is 2.98. The van der Waals surface area contributed by atoms with E-state index >= 15 is 0 Å². The molecule has 33 heavy (non-hydrogen) atoms. The smallest absolute Gasteiger partial charge is 0.262 e. The number of aliphatic hydroxyl groups is 1. The molecule has 0 aliphatic heterocycles. The van der Waals surface area contributed by atoms with Crippen LogP contribution in [0.3, 0.4) is 0 Å². The van der Waals surface area contributed by atoms with Gasteiger partial charge in [0.2, 0.25) is 0 Å². The summed E-state index contributed by atoms with van der Waals surface area (Å²) >= 11 is 0. The van der Waals surface area contributed by atoms with Crippen LogP contribution in [0.4, 0.5) is 23.1 Å². The number of hydrogen-bond acceptors (Lipinski definition) is 8. The van der Waals surface area contributed by atoms with Gasteiger partial charge in [-0.25, -0.2) is 18.4 Å². The molecule has 1 aromatic carbocycles. The molecule has 0 atom stereocenters. The summed E-state index contributed by atoms with van der Waals surface area (Å²) in [4.78, 5) is 22.2. The molecule has 9 nitrogen and oxygen atoms in total. The molecule has 3 N–H and O–H groups in total. The Kier molecular flexibility index (Phi) is 6.12. The summed E-state index contributed by atoms with van der Waals surface area (Å²) in [6.45, 7) is 1.94. The van der Waals surface area contributed by atoms with Gasteiger partial charge in [-0.05, 0) is 66.4 Å². The number of anilines is 4. The van der Waals surface area contributed by atoms with E-state index in [9.17, 15) is 18.3 Å². The number of hydrogen-bond donors (Lipinski definition) is 3. The van der Waals surface area contributed by atoms with Crippen LogP contribution < -0.4 is 16.2 Å². The number of rotatable bonds is 7. The van der Waals surface area contributed by atoms with Gasteiger partial charge in [-0.3, -0.25) is 4.79 Å². The van der Waals surface area contributed by atoms with Crippen LogP contribution in [0.25, 0.3) is 10.8 Å². The summed E-state index contributed by atoms with van der Waals surface area (Å²) in [5, 5.41) is 16.6. The van der Waals surface area contributed by atoms with E-state index in [1.807, 2.05) is 19.1 Å². The Morgan fingerprint density at radius 3 is 2.45 bits per heavy atom. The monoisotopic (exact) mass is 465 g/mol. The van der Waals surface area contributed by atoms with Crippen LogP contribution in [0.1, 0.15) is 5.56 Å². The minimum absolute atomic E-state index is 0.157. The van der Waals surface area contributed by atoms with Gasteiger partial charge in [-0.15, -0.1) is 0 Å². The van der Waals surface area contributed by atoms with Gasteiger partial charge in [-0.1, -0.05) is 0 Å². The minimum atomic E-state index is -3.33. The average molecular weight is 466 g/mol. The maximum Gasteiger partial charge on any atom is 0.262 e. The van der Waals surface area contributed by atoms with Crippen molar-refractivity contribution in [3.63, 3.8) is 0 Å². The molecule has 10 heteroatoms. The van der Waals surface area contributed by atoms with Crippen LogP contribution in [0.2, 0.25) is 0 Å². The largest absolute Gasteiger partial charge is 0.395 e. The van der Waals surface area contributed by atoms with E-state index in [1.54, 1.807) is 36.7 Å². The quantitative estimate of drug-likeness (QED) is 0.380. The molecule has 4 aromatic rings. The summed E-state index contributed by atoms with van der Waals surface area (Å²) in [5.41, 5.74) is 1.30. The Labute approximate surface area is 190 Å². The van der Waals surface area contributed by atoms with Crippen molar-refractivity contribution in [2.24, 2.45) is 0 Å². The highest BCUT2D eigenvalue weighted by atomic mass is 32.2. The highest BCUT2D eigenvalue weighted by Crippen LogP contribution is 2.27. The van der Waals surface area contributed by atoms with Crippen molar-refractivity contribution >= 4 is 43.8 Å². The fraction of sp³-hybridized carbons (Fsp3) is 0.174. The Bertz CT molecular complexity index is 1480. The van der Waals surface area contributed by atoms with Gasteiger partial charge in [0.25, 0.3) is 5.56 Å². The molecule has 3 heterocycles. The van der Waals surface area contributed by atoms with Crippen molar-refractivity contribution < 1.29 is 13.5 Å². The third kappa shape index (κ3) is 5.02. The molecule has 0 amide bonds. The lowest BCUT2D eigenvalue weighted by Crippen LogP contribution is -2.22. The number of nitrogens with zero attached hydrogens (tertiary/aromatic N) is 3. The van der Waals surface area contributed by atoms with E-state index in [0.717, 1.165) is 11.8 Å². The van der Waals surface area contributed by atoms with Crippen molar-refractivity contribution in [2.75, 3.05) is 23.5 Å². The third-order valence-electron chi connectivity index (χ3n) is 5.02. The van der Waals surface area contributed by atoms with E-state index in [-0.39, 0.29) is 23.6 Å². The Morgan fingerprint density at radius 1 is 1.03 bits per heavy atom. The number of aliphatic hydroxyl groups excluding tert-OH is 1. The number of nitrogens with one attached hydrogen (secondary N) is 2. The van der Waals surface area contributed by atoms with Crippen LogP contribution in [-0.2, 0) is 16.4 Å². The van der Waals surface area contributed by atoms with Crippen molar-refractivity contribution in [1.82, 2.24) is 14.5 Å². The second kappa shape index (κ2) is 9.00. The van der Waals surface area contributed by atoms with Gasteiger partial charge < -0.3 is 20.3 Å². The number of aromatic nitrogens is 3. The van der Waals surface area contributed by atoms with Gasteiger partial charge >= 0.3 is 0 Å². The fourth-order valence-electron chi connectivity index (χ4n) is 3.40. The van der Waals surface area contributed by atoms with Gasteiger partial charge in [-0.2, -0.15) is 0 Å². The standard InChI is InChI=1S/C23H23N5O4S/c1-15-7-9-24-19(13-15)26-20-14-16-8-10-28(11-12-29)23(30)21(16)22(27-20)25-17-3-5-18(6-4-17)33(2,31)32/h3-10,13-14,29H,11-12H2,1-2H3,(H2,24,25,26,27). The summed E-state index contributed by atoms with van der Waals surface area (Å²) in [5.74, 6) is 1.39. The molecule has 0 fully saturated rings. The van der Waals surface area contributed by atoms with Crippen molar-refractivity contribution in [2.45, 2.75) is 18.4 Å². The second-order valence-electron chi connectivity index (χ2n) is 7.62. The molecule has 3 aromatic heterocycles. The first kappa shape index (κ1) is 22.4. The highest BCUT2D eigenvalue weighted by molar-refractivity contribution is 7.90. The van der Waals surface area contributed by atoms with E-state index in [1.165, 1.54) is 16.7 Å². The molecule has 0 spiro atoms. The van der Waals surface area contributed by atoms with Crippen molar-refractivity contribution in [3.05, 3.63) is 76.8 Å². The van der Waals surface area contributed by atoms with E-state index in [2.05, 4.69) is 20.6 Å². The number of sulfone groups is 1. The fourth-order valence-corrected chi connectivity index (χ4v) is 4.03. The molecular formula is C23H23N5O4S. The average Bonchev–Trinajstić information content (AvgIpc) is 2.75. The first-order valence-corrected chi connectivity index (χ1v) is 12.1. The van der Waals surface area contributed by atoms with E-state index in [0.29, 0.717) is 33.9 Å². The SMILES string of the molecule is Cc1ccnc(Nc2cc3ccn(CCO)c(=O)c3c(Nc3ccc(S(C)(=O)=O)cc3)n2)c1. The first-order valence-electron chi connectivity index (χ1n) is 10.2. The maximum absolute atomic E-state index is 13.1. The molecule has 0 saturated heterocycles. The minimum Gasteiger partial charge on any atom is -0.395 e. The molecule has 0 unspecified atom stereocenters. The molecule has 0 aliphatic rings. The van der Waals surface area contributed by atoms with Gasteiger partial charge in [0.15, 0.2) is 9.84 Å². The van der Waals surface area contributed by atoms with Crippen molar-refractivity contribution in [1.29, 1.82) is 0 Å². The maximum atomic E-state index is 13.1. The molecule has 0 aliphatic carbocycles. The second-order valence-corrected chi connectivity index (χ2v) is 9.64. The summed E-state index contributed by atoms with van der Waals surface area (Å²) in [6, 6.07) is 13.5. The van der Waals surface area contributed by atoms with Crippen LogP contribution in [0, 0.1) is 6.92 Å². The van der Waals surface area contributed by atoms with Crippen LogP contribution >= 0.6 is 0 Å². The van der Waals surface area contributed by atoms with Crippen LogP contribution in [-0.4, -0.2) is 40.9 Å². The topological polar surface area (TPSA) is 126 Å². The van der Waals surface area contributed by atoms with Crippen molar-refractivity contribution in [3.8, 4) is 0 Å². The number of aryl methyl sites for hydroxylation is 1. The van der Waals surface area contributed by atoms with Gasteiger partial charge in [0.1, 0.15) is 17.5 Å². The third-order valence-corrected chi connectivity index (χ3v) is 6.14. The zero-order valence-electron chi connectivity index (χ0n) is 18.1. The zero-order valence-corrected chi connectivity index (χ0v) is 18.9. The Balaban J connectivity index is 1.81. The molecule has 0 radical (unpaired) electrons. The van der Waals surface area contributed by atoms with Crippen LogP contribution in [0.15, 0.2) is 70.6 Å². The van der Waals surface area contributed by atoms with Crippen LogP contribution in [0.5, 0.6) is 0 Å². The zero-order chi connectivity index (χ0) is 23.6. The number of fused-ring (bicyclic) bond motifs is 1. The number of benzene rings is 1. The molecule has 0 bridgehead atoms. The Morgan fingerprint density at radius 2 is 1.79 bits per heavy atom. The molecular weight excluding hydrogens is 442 g/mol. The lowest BCUT2D eigenvalue weighted by Gasteiger charge is -2.14. The van der Waals surface area contributed by atoms with Gasteiger partial charge in [0, 0.05) is 30.9 Å². The molecule has 0 saturated carbocycles. The Hall–Kier alpha value is -3.76. The molecule has 170 valence electrons. The van der Waals surface area contributed by atoms with E-state index in [4.69, 9.17) is 0 Å². The lowest BCUT2D eigenvalue weighted by molar-refractivity contribution is 0.274. The summed E-state index contributed by atoms with van der Waals surface area (Å²) in [7, 11) is -3.33. The normalized spacial score (nSPS) is 11.5. The molecule has 4 rings (SSSR count). The van der Waals surface area contributed by atoms with Gasteiger partial charge in [0.05, 0.1) is 16.9 Å². The van der Waals surface area contributed by atoms with E-state index < -0.39 is 9.84 Å². The first-order chi connectivity index (χ1) is 15.7. The summed E-state index contributed by atoms with van der Waals surface area (Å²) < 4.78 is 24.9. The summed E-state index contributed by atoms with van der Waals surface area (Å²) in [6.07, 6.45) is 4.46. The predicted molar refractivity (Wildman–Crippen MR) is 128 cm³/mol.